The van der Waals surface area contributed by atoms with Crippen LogP contribution in [0.5, 0.6) is 0 Å². The molecule has 4 heteroatoms. The van der Waals surface area contributed by atoms with Crippen molar-refractivity contribution in [2.24, 2.45) is 0 Å². The third kappa shape index (κ3) is 2.64. The summed E-state index contributed by atoms with van der Waals surface area (Å²) in [6.07, 6.45) is 0. The second kappa shape index (κ2) is 5.33. The van der Waals surface area contributed by atoms with Crippen LogP contribution in [0, 0.1) is 27.7 Å². The van der Waals surface area contributed by atoms with E-state index in [4.69, 9.17) is 4.42 Å². The van der Waals surface area contributed by atoms with E-state index in [9.17, 15) is 9.59 Å². The number of aryl methyl sites for hydroxylation is 4. The summed E-state index contributed by atoms with van der Waals surface area (Å²) in [6.45, 7) is 7.12. The molecule has 1 aromatic carbocycles. The molecule has 1 N–H and O–H groups in total. The number of benzene rings is 1. The van der Waals surface area contributed by atoms with Crippen molar-refractivity contribution < 1.29 is 9.21 Å². The Bertz CT molecular complexity index is 709. The number of rotatable bonds is 2. The summed E-state index contributed by atoms with van der Waals surface area (Å²) >= 11 is 0. The molecular weight excluding hydrogens is 254 g/mol. The Labute approximate surface area is 117 Å². The summed E-state index contributed by atoms with van der Waals surface area (Å²) in [4.78, 5) is 24.2. The van der Waals surface area contributed by atoms with Crippen molar-refractivity contribution >= 4 is 11.6 Å². The highest BCUT2D eigenvalue weighted by atomic mass is 16.3. The van der Waals surface area contributed by atoms with E-state index in [0.29, 0.717) is 11.5 Å². The topological polar surface area (TPSA) is 59.3 Å². The van der Waals surface area contributed by atoms with Crippen LogP contribution in [0.4, 0.5) is 5.69 Å². The van der Waals surface area contributed by atoms with Crippen LogP contribution in [-0.2, 0) is 0 Å². The Balaban J connectivity index is 2.42. The number of nitrogens with one attached hydrogen (secondary N) is 1. The number of carbonyl (C=O) groups is 1. The summed E-state index contributed by atoms with van der Waals surface area (Å²) in [7, 11) is 0. The number of hydrogen-bond acceptors (Lipinski definition) is 3. The van der Waals surface area contributed by atoms with Crippen molar-refractivity contribution in [1.29, 1.82) is 0 Å². The molecule has 0 unspecified atom stereocenters. The molecule has 0 aliphatic rings. The average Bonchev–Trinajstić information content (AvgIpc) is 2.32. The molecule has 104 valence electrons. The molecular formula is C16H17NO3. The van der Waals surface area contributed by atoms with Gasteiger partial charge in [-0.15, -0.1) is 0 Å². The van der Waals surface area contributed by atoms with Crippen LogP contribution in [0.3, 0.4) is 0 Å². The molecule has 20 heavy (non-hydrogen) atoms. The van der Waals surface area contributed by atoms with Crippen LogP contribution >= 0.6 is 0 Å². The van der Waals surface area contributed by atoms with Crippen molar-refractivity contribution in [2.75, 3.05) is 5.32 Å². The number of amides is 1. The van der Waals surface area contributed by atoms with Gasteiger partial charge in [0.25, 0.3) is 5.91 Å². The molecule has 0 aliphatic heterocycles. The van der Waals surface area contributed by atoms with Crippen LogP contribution in [-0.4, -0.2) is 5.91 Å². The van der Waals surface area contributed by atoms with E-state index in [-0.39, 0.29) is 11.0 Å². The van der Waals surface area contributed by atoms with E-state index in [1.807, 2.05) is 32.0 Å². The normalized spacial score (nSPS) is 10.4. The molecule has 4 nitrogen and oxygen atoms in total. The van der Waals surface area contributed by atoms with Gasteiger partial charge in [-0.2, -0.15) is 0 Å². The number of anilines is 1. The molecule has 1 heterocycles. The lowest BCUT2D eigenvalue weighted by molar-refractivity contribution is 0.102. The van der Waals surface area contributed by atoms with Gasteiger partial charge in [-0.05, 0) is 38.8 Å². The van der Waals surface area contributed by atoms with Gasteiger partial charge < -0.3 is 9.73 Å². The van der Waals surface area contributed by atoms with Gasteiger partial charge >= 0.3 is 0 Å². The van der Waals surface area contributed by atoms with Gasteiger partial charge in [0, 0.05) is 11.8 Å². The average molecular weight is 271 g/mol. The Hall–Kier alpha value is -2.36. The molecule has 2 aromatic rings. The zero-order valence-electron chi connectivity index (χ0n) is 12.0. The summed E-state index contributed by atoms with van der Waals surface area (Å²) in [5, 5.41) is 2.80. The molecule has 0 aliphatic carbocycles. The third-order valence-electron chi connectivity index (χ3n) is 3.19. The summed E-state index contributed by atoms with van der Waals surface area (Å²) in [5.41, 5.74) is 2.37. The Morgan fingerprint density at radius 1 is 1.10 bits per heavy atom. The van der Waals surface area contributed by atoms with Crippen molar-refractivity contribution in [2.45, 2.75) is 27.7 Å². The van der Waals surface area contributed by atoms with Crippen LogP contribution < -0.4 is 10.7 Å². The Morgan fingerprint density at radius 2 is 1.70 bits per heavy atom. The predicted octanol–water partition coefficient (Wildman–Crippen LogP) is 3.13. The largest absolute Gasteiger partial charge is 0.466 e. The number of para-hydroxylation sites is 1. The predicted molar refractivity (Wildman–Crippen MR) is 78.3 cm³/mol. The molecule has 0 spiro atoms. The zero-order valence-corrected chi connectivity index (χ0v) is 12.0. The maximum Gasteiger partial charge on any atom is 0.263 e. The summed E-state index contributed by atoms with van der Waals surface area (Å²) in [5.74, 6) is 0.392. The fraction of sp³-hybridized carbons (Fsp3) is 0.250. The standard InChI is InChI=1S/C16H17NO3/c1-9-6-5-7-10(2)15(9)17-16(19)14-12(4)20-11(3)8-13(14)18/h5-8H,1-4H3,(H,17,19). The first-order chi connectivity index (χ1) is 9.40. The first-order valence-corrected chi connectivity index (χ1v) is 6.39. The molecule has 0 atom stereocenters. The highest BCUT2D eigenvalue weighted by Gasteiger charge is 2.17. The SMILES string of the molecule is Cc1cc(=O)c(C(=O)Nc2c(C)cccc2C)c(C)o1. The van der Waals surface area contributed by atoms with E-state index in [1.54, 1.807) is 13.8 Å². The van der Waals surface area contributed by atoms with Gasteiger partial charge in [-0.1, -0.05) is 18.2 Å². The monoisotopic (exact) mass is 271 g/mol. The lowest BCUT2D eigenvalue weighted by atomic mass is 10.1. The van der Waals surface area contributed by atoms with Gasteiger partial charge in [0.05, 0.1) is 0 Å². The van der Waals surface area contributed by atoms with Crippen molar-refractivity contribution in [3.05, 3.63) is 62.7 Å². The second-order valence-corrected chi connectivity index (χ2v) is 4.87. The fourth-order valence-electron chi connectivity index (χ4n) is 2.21. The maximum absolute atomic E-state index is 12.3. The fourth-order valence-corrected chi connectivity index (χ4v) is 2.21. The molecule has 0 bridgehead atoms. The summed E-state index contributed by atoms with van der Waals surface area (Å²) < 4.78 is 5.35. The molecule has 0 fully saturated rings. The Morgan fingerprint density at radius 3 is 2.25 bits per heavy atom. The smallest absolute Gasteiger partial charge is 0.263 e. The van der Waals surface area contributed by atoms with E-state index >= 15 is 0 Å². The minimum atomic E-state index is -0.436. The van der Waals surface area contributed by atoms with Gasteiger partial charge in [-0.3, -0.25) is 9.59 Å². The minimum Gasteiger partial charge on any atom is -0.466 e. The first kappa shape index (κ1) is 14.1. The minimum absolute atomic E-state index is 0.0539. The zero-order chi connectivity index (χ0) is 14.9. The van der Waals surface area contributed by atoms with Gasteiger partial charge in [0.1, 0.15) is 17.1 Å². The lowest BCUT2D eigenvalue weighted by Crippen LogP contribution is -2.23. The summed E-state index contributed by atoms with van der Waals surface area (Å²) in [6, 6.07) is 7.07. The van der Waals surface area contributed by atoms with Crippen molar-refractivity contribution in [3.63, 3.8) is 0 Å². The van der Waals surface area contributed by atoms with E-state index in [0.717, 1.165) is 16.8 Å². The maximum atomic E-state index is 12.3. The van der Waals surface area contributed by atoms with Crippen molar-refractivity contribution in [1.82, 2.24) is 0 Å². The Kier molecular flexibility index (Phi) is 3.74. The van der Waals surface area contributed by atoms with E-state index < -0.39 is 5.91 Å². The van der Waals surface area contributed by atoms with Crippen molar-refractivity contribution in [3.8, 4) is 0 Å². The first-order valence-electron chi connectivity index (χ1n) is 6.39. The van der Waals surface area contributed by atoms with Gasteiger partial charge in [-0.25, -0.2) is 0 Å². The molecule has 1 aromatic heterocycles. The van der Waals surface area contributed by atoms with Crippen LogP contribution in [0.1, 0.15) is 33.0 Å². The van der Waals surface area contributed by atoms with Crippen LogP contribution in [0.25, 0.3) is 0 Å². The number of carbonyl (C=O) groups excluding carboxylic acids is 1. The van der Waals surface area contributed by atoms with E-state index in [2.05, 4.69) is 5.32 Å². The van der Waals surface area contributed by atoms with Crippen LogP contribution in [0.15, 0.2) is 33.5 Å². The van der Waals surface area contributed by atoms with Gasteiger partial charge in [0.2, 0.25) is 0 Å². The second-order valence-electron chi connectivity index (χ2n) is 4.87. The third-order valence-corrected chi connectivity index (χ3v) is 3.19. The molecule has 2 rings (SSSR count). The highest BCUT2D eigenvalue weighted by Crippen LogP contribution is 2.20. The molecule has 0 saturated heterocycles. The number of hydrogen-bond donors (Lipinski definition) is 1. The molecule has 1 amide bonds. The molecule has 0 saturated carbocycles. The van der Waals surface area contributed by atoms with Crippen LogP contribution in [0.2, 0.25) is 0 Å². The quantitative estimate of drug-likeness (QED) is 0.912. The highest BCUT2D eigenvalue weighted by molar-refractivity contribution is 6.05. The van der Waals surface area contributed by atoms with E-state index in [1.165, 1.54) is 6.07 Å². The molecule has 0 radical (unpaired) electrons. The lowest BCUT2D eigenvalue weighted by Gasteiger charge is -2.12. The van der Waals surface area contributed by atoms with Gasteiger partial charge in [0.15, 0.2) is 5.43 Å².